The number of carbonyl (C=O) groups is 1. The molecule has 1 atom stereocenters. The van der Waals surface area contributed by atoms with Gasteiger partial charge in [-0.2, -0.15) is 13.2 Å². The molecule has 2 aromatic heterocycles. The van der Waals surface area contributed by atoms with Gasteiger partial charge in [-0.1, -0.05) is 23.9 Å². The lowest BCUT2D eigenvalue weighted by molar-refractivity contribution is -0.140. The standard InChI is InChI=1S/C16H14F3N5OS2/c1-9(27-15-23-20-8-24(15)2)10-4-3-5-11(6-10)21-13(25)14-22-12(7-26-14)16(17,18)19/h3-9H,1-2H3,(H,21,25)/t9-/m0/s1. The zero-order chi connectivity index (χ0) is 19.6. The number of thioether (sulfide) groups is 1. The van der Waals surface area contributed by atoms with Gasteiger partial charge in [-0.25, -0.2) is 4.98 Å². The number of amides is 1. The van der Waals surface area contributed by atoms with Crippen molar-refractivity contribution in [2.45, 2.75) is 23.5 Å². The average Bonchev–Trinajstić information content (AvgIpc) is 3.25. The number of nitrogens with one attached hydrogen (secondary N) is 1. The Morgan fingerprint density at radius 1 is 1.37 bits per heavy atom. The van der Waals surface area contributed by atoms with Gasteiger partial charge in [0.05, 0.1) is 0 Å². The summed E-state index contributed by atoms with van der Waals surface area (Å²) in [4.78, 5) is 15.5. The van der Waals surface area contributed by atoms with Crippen molar-refractivity contribution in [2.24, 2.45) is 7.05 Å². The molecule has 0 unspecified atom stereocenters. The van der Waals surface area contributed by atoms with E-state index in [1.807, 2.05) is 20.0 Å². The Hall–Kier alpha value is -2.40. The summed E-state index contributed by atoms with van der Waals surface area (Å²) in [6.45, 7) is 1.98. The van der Waals surface area contributed by atoms with Crippen LogP contribution in [0.1, 0.15) is 33.2 Å². The lowest BCUT2D eigenvalue weighted by Crippen LogP contribution is -2.13. The maximum Gasteiger partial charge on any atom is 0.434 e. The number of thiazole rings is 1. The van der Waals surface area contributed by atoms with E-state index in [0.717, 1.165) is 16.1 Å². The highest BCUT2D eigenvalue weighted by atomic mass is 32.2. The molecule has 3 aromatic rings. The van der Waals surface area contributed by atoms with Gasteiger partial charge in [-0.3, -0.25) is 4.79 Å². The SMILES string of the molecule is C[C@H](Sc1nncn1C)c1cccc(NC(=O)c2nc(C(F)(F)F)cs2)c1. The molecule has 0 fully saturated rings. The van der Waals surface area contributed by atoms with E-state index in [4.69, 9.17) is 0 Å². The molecule has 11 heteroatoms. The first-order valence-corrected chi connectivity index (χ1v) is 9.44. The van der Waals surface area contributed by atoms with E-state index >= 15 is 0 Å². The third kappa shape index (κ3) is 4.66. The lowest BCUT2D eigenvalue weighted by atomic mass is 10.1. The fourth-order valence-electron chi connectivity index (χ4n) is 2.17. The predicted molar refractivity (Wildman–Crippen MR) is 96.8 cm³/mol. The van der Waals surface area contributed by atoms with Crippen LogP contribution in [0.3, 0.4) is 0 Å². The number of anilines is 1. The van der Waals surface area contributed by atoms with E-state index < -0.39 is 17.8 Å². The maximum atomic E-state index is 12.6. The van der Waals surface area contributed by atoms with E-state index in [0.29, 0.717) is 17.0 Å². The molecule has 0 aliphatic rings. The van der Waals surface area contributed by atoms with Gasteiger partial charge < -0.3 is 9.88 Å². The smallest absolute Gasteiger partial charge is 0.320 e. The zero-order valence-corrected chi connectivity index (χ0v) is 15.8. The summed E-state index contributed by atoms with van der Waals surface area (Å²) in [7, 11) is 1.84. The molecular formula is C16H14F3N5OS2. The Labute approximate surface area is 160 Å². The van der Waals surface area contributed by atoms with Gasteiger partial charge in [0, 0.05) is 23.4 Å². The summed E-state index contributed by atoms with van der Waals surface area (Å²) in [6.07, 6.45) is -2.96. The number of hydrogen-bond donors (Lipinski definition) is 1. The third-order valence-corrected chi connectivity index (χ3v) is 5.60. The summed E-state index contributed by atoms with van der Waals surface area (Å²) in [5, 5.41) is 11.8. The monoisotopic (exact) mass is 413 g/mol. The minimum Gasteiger partial charge on any atom is -0.320 e. The van der Waals surface area contributed by atoms with Gasteiger partial charge in [0.2, 0.25) is 0 Å². The highest BCUT2D eigenvalue weighted by molar-refractivity contribution is 7.99. The van der Waals surface area contributed by atoms with E-state index in [1.54, 1.807) is 29.1 Å². The van der Waals surface area contributed by atoms with Crippen LogP contribution in [-0.4, -0.2) is 25.7 Å². The summed E-state index contributed by atoms with van der Waals surface area (Å²) < 4.78 is 39.6. The van der Waals surface area contributed by atoms with Crippen molar-refractivity contribution >= 4 is 34.7 Å². The molecule has 6 nitrogen and oxygen atoms in total. The number of aryl methyl sites for hydroxylation is 1. The highest BCUT2D eigenvalue weighted by Gasteiger charge is 2.34. The van der Waals surface area contributed by atoms with Gasteiger partial charge in [-0.15, -0.1) is 21.5 Å². The van der Waals surface area contributed by atoms with Crippen LogP contribution < -0.4 is 5.32 Å². The van der Waals surface area contributed by atoms with Crippen LogP contribution in [0.4, 0.5) is 18.9 Å². The van der Waals surface area contributed by atoms with E-state index in [-0.39, 0.29) is 10.3 Å². The lowest BCUT2D eigenvalue weighted by Gasteiger charge is -2.12. The number of hydrogen-bond acceptors (Lipinski definition) is 6. The third-order valence-electron chi connectivity index (χ3n) is 3.55. The quantitative estimate of drug-likeness (QED) is 0.628. The number of halogens is 3. The number of nitrogens with zero attached hydrogens (tertiary/aromatic N) is 4. The molecule has 0 radical (unpaired) electrons. The zero-order valence-electron chi connectivity index (χ0n) is 14.2. The molecular weight excluding hydrogens is 399 g/mol. The fraction of sp³-hybridized carbons (Fsp3) is 0.250. The Kier molecular flexibility index (Phi) is 5.51. The molecule has 3 rings (SSSR count). The van der Waals surface area contributed by atoms with Crippen LogP contribution in [0, 0.1) is 0 Å². The van der Waals surface area contributed by atoms with Crippen LogP contribution in [0.25, 0.3) is 0 Å². The van der Waals surface area contributed by atoms with Gasteiger partial charge in [0.15, 0.2) is 15.9 Å². The van der Waals surface area contributed by atoms with Crippen molar-refractivity contribution < 1.29 is 18.0 Å². The van der Waals surface area contributed by atoms with Gasteiger partial charge in [0.25, 0.3) is 5.91 Å². The normalized spacial score (nSPS) is 12.8. The van der Waals surface area contributed by atoms with Crippen molar-refractivity contribution in [2.75, 3.05) is 5.32 Å². The molecule has 0 spiro atoms. The maximum absolute atomic E-state index is 12.6. The number of carbonyl (C=O) groups excluding carboxylic acids is 1. The molecule has 27 heavy (non-hydrogen) atoms. The molecule has 1 N–H and O–H groups in total. The second-order valence-electron chi connectivity index (χ2n) is 5.60. The molecule has 2 heterocycles. The molecule has 0 aliphatic heterocycles. The first-order chi connectivity index (χ1) is 12.7. The number of aromatic nitrogens is 4. The van der Waals surface area contributed by atoms with Crippen LogP contribution in [0.5, 0.6) is 0 Å². The van der Waals surface area contributed by atoms with Crippen molar-refractivity contribution in [1.82, 2.24) is 19.7 Å². The average molecular weight is 413 g/mol. The Balaban J connectivity index is 1.71. The number of benzene rings is 1. The van der Waals surface area contributed by atoms with E-state index in [1.165, 1.54) is 11.8 Å². The summed E-state index contributed by atoms with van der Waals surface area (Å²) in [5.41, 5.74) is 0.336. The van der Waals surface area contributed by atoms with E-state index in [9.17, 15) is 18.0 Å². The predicted octanol–water partition coefficient (Wildman–Crippen LogP) is 4.40. The van der Waals surface area contributed by atoms with Gasteiger partial charge in [0.1, 0.15) is 6.33 Å². The second-order valence-corrected chi connectivity index (χ2v) is 7.77. The van der Waals surface area contributed by atoms with E-state index in [2.05, 4.69) is 20.5 Å². The highest BCUT2D eigenvalue weighted by Crippen LogP contribution is 2.34. The fourth-order valence-corrected chi connectivity index (χ4v) is 3.79. The summed E-state index contributed by atoms with van der Waals surface area (Å²) >= 11 is 2.15. The molecule has 1 aromatic carbocycles. The van der Waals surface area contributed by atoms with Crippen molar-refractivity contribution in [3.8, 4) is 0 Å². The van der Waals surface area contributed by atoms with Crippen LogP contribution in [0.2, 0.25) is 0 Å². The Bertz CT molecular complexity index is 953. The minimum atomic E-state index is -4.57. The van der Waals surface area contributed by atoms with Crippen molar-refractivity contribution in [1.29, 1.82) is 0 Å². The van der Waals surface area contributed by atoms with Crippen molar-refractivity contribution in [3.63, 3.8) is 0 Å². The first kappa shape index (κ1) is 19.4. The topological polar surface area (TPSA) is 72.7 Å². The van der Waals surface area contributed by atoms with Crippen LogP contribution in [0.15, 0.2) is 41.1 Å². The largest absolute Gasteiger partial charge is 0.434 e. The molecule has 0 bridgehead atoms. The minimum absolute atomic E-state index is 0.0291. The molecule has 142 valence electrons. The summed E-state index contributed by atoms with van der Waals surface area (Å²) in [6, 6.07) is 7.10. The molecule has 0 aliphatic carbocycles. The number of alkyl halides is 3. The Morgan fingerprint density at radius 2 is 2.15 bits per heavy atom. The number of rotatable bonds is 5. The van der Waals surface area contributed by atoms with Crippen LogP contribution in [-0.2, 0) is 13.2 Å². The van der Waals surface area contributed by atoms with Crippen molar-refractivity contribution in [3.05, 3.63) is 52.2 Å². The van der Waals surface area contributed by atoms with Gasteiger partial charge in [-0.05, 0) is 24.6 Å². The molecule has 0 saturated carbocycles. The molecule has 0 saturated heterocycles. The summed E-state index contributed by atoms with van der Waals surface area (Å²) in [5.74, 6) is -0.679. The first-order valence-electron chi connectivity index (χ1n) is 7.68. The Morgan fingerprint density at radius 3 is 2.78 bits per heavy atom. The molecule has 1 amide bonds. The van der Waals surface area contributed by atoms with Crippen LogP contribution >= 0.6 is 23.1 Å². The second kappa shape index (κ2) is 7.69. The van der Waals surface area contributed by atoms with Gasteiger partial charge >= 0.3 is 6.18 Å².